The number of hydrogen-bond acceptors (Lipinski definition) is 3. The lowest BCUT2D eigenvalue weighted by Crippen LogP contribution is -2.54. The van der Waals surface area contributed by atoms with Crippen LogP contribution in [0.5, 0.6) is 0 Å². The summed E-state index contributed by atoms with van der Waals surface area (Å²) >= 11 is 0. The minimum atomic E-state index is -1.37. The Morgan fingerprint density at radius 2 is 1.95 bits per heavy atom. The molecule has 2 rings (SSSR count). The topological polar surface area (TPSA) is 80.4 Å². The largest absolute Gasteiger partial charge is 0.480 e. The van der Waals surface area contributed by atoms with Crippen molar-refractivity contribution in [2.75, 3.05) is 0 Å². The standard InChI is InChI=1S/C16H21NO3/c17-13-8-4-5-11-16(13,15(19)20)14(18)10-9-12-6-2-1-3-7-12/h1-3,6-7,13H,4-5,8-11,17H2,(H,19,20). The Morgan fingerprint density at radius 1 is 1.25 bits per heavy atom. The number of carbonyl (C=O) groups is 2. The summed E-state index contributed by atoms with van der Waals surface area (Å²) < 4.78 is 0. The van der Waals surface area contributed by atoms with E-state index < -0.39 is 17.4 Å². The van der Waals surface area contributed by atoms with Crippen molar-refractivity contribution < 1.29 is 14.7 Å². The van der Waals surface area contributed by atoms with Gasteiger partial charge in [0.25, 0.3) is 0 Å². The first-order chi connectivity index (χ1) is 9.57. The molecule has 2 atom stereocenters. The van der Waals surface area contributed by atoms with E-state index in [4.69, 9.17) is 5.73 Å². The van der Waals surface area contributed by atoms with E-state index in [1.54, 1.807) is 0 Å². The first kappa shape index (κ1) is 14.7. The molecular formula is C16H21NO3. The Kier molecular flexibility index (Phi) is 4.55. The number of Topliss-reactive ketones (excluding diaryl/α,β-unsaturated/α-hetero) is 1. The van der Waals surface area contributed by atoms with Crippen LogP contribution in [-0.4, -0.2) is 22.9 Å². The van der Waals surface area contributed by atoms with E-state index in [0.29, 0.717) is 19.3 Å². The summed E-state index contributed by atoms with van der Waals surface area (Å²) in [6.45, 7) is 0. The zero-order valence-corrected chi connectivity index (χ0v) is 11.5. The Bertz CT molecular complexity index is 486. The molecule has 20 heavy (non-hydrogen) atoms. The van der Waals surface area contributed by atoms with Gasteiger partial charge in [0, 0.05) is 12.5 Å². The third-order valence-corrected chi connectivity index (χ3v) is 4.33. The van der Waals surface area contributed by atoms with Gasteiger partial charge in [-0.05, 0) is 24.8 Å². The van der Waals surface area contributed by atoms with Crippen LogP contribution in [0, 0.1) is 5.41 Å². The van der Waals surface area contributed by atoms with E-state index in [9.17, 15) is 14.7 Å². The molecule has 4 heteroatoms. The number of rotatable bonds is 5. The SMILES string of the molecule is NC1CCCCC1(C(=O)O)C(=O)CCc1ccccc1. The molecule has 0 aliphatic heterocycles. The van der Waals surface area contributed by atoms with Gasteiger partial charge in [0.15, 0.2) is 5.78 Å². The summed E-state index contributed by atoms with van der Waals surface area (Å²) in [6, 6.07) is 9.08. The van der Waals surface area contributed by atoms with E-state index in [2.05, 4.69) is 0 Å². The van der Waals surface area contributed by atoms with Crippen molar-refractivity contribution in [2.24, 2.45) is 11.1 Å². The average Bonchev–Trinajstić information content (AvgIpc) is 2.46. The molecule has 1 aliphatic rings. The van der Waals surface area contributed by atoms with Crippen molar-refractivity contribution in [1.82, 2.24) is 0 Å². The fourth-order valence-corrected chi connectivity index (χ4v) is 3.06. The van der Waals surface area contributed by atoms with Crippen molar-refractivity contribution in [2.45, 2.75) is 44.6 Å². The highest BCUT2D eigenvalue weighted by Crippen LogP contribution is 2.37. The van der Waals surface area contributed by atoms with Crippen molar-refractivity contribution in [1.29, 1.82) is 0 Å². The first-order valence-corrected chi connectivity index (χ1v) is 7.13. The molecule has 1 saturated carbocycles. The Morgan fingerprint density at radius 3 is 2.55 bits per heavy atom. The van der Waals surface area contributed by atoms with E-state index >= 15 is 0 Å². The molecule has 108 valence electrons. The second kappa shape index (κ2) is 6.18. The monoisotopic (exact) mass is 275 g/mol. The minimum Gasteiger partial charge on any atom is -0.480 e. The number of aryl methyl sites for hydroxylation is 1. The van der Waals surface area contributed by atoms with Crippen LogP contribution in [0.15, 0.2) is 30.3 Å². The van der Waals surface area contributed by atoms with Gasteiger partial charge in [-0.1, -0.05) is 43.2 Å². The molecule has 1 aromatic carbocycles. The number of carboxylic acid groups (broad SMARTS) is 1. The van der Waals surface area contributed by atoms with Crippen molar-refractivity contribution in [3.8, 4) is 0 Å². The second-order valence-electron chi connectivity index (χ2n) is 5.54. The summed E-state index contributed by atoms with van der Waals surface area (Å²) in [7, 11) is 0. The highest BCUT2D eigenvalue weighted by Gasteiger charge is 2.51. The predicted octanol–water partition coefficient (Wildman–Crippen LogP) is 2.16. The van der Waals surface area contributed by atoms with Gasteiger partial charge in [-0.15, -0.1) is 0 Å². The van der Waals surface area contributed by atoms with Gasteiger partial charge < -0.3 is 10.8 Å². The maximum absolute atomic E-state index is 12.5. The molecule has 0 aromatic heterocycles. The number of ketones is 1. The lowest BCUT2D eigenvalue weighted by atomic mass is 9.67. The number of nitrogens with two attached hydrogens (primary N) is 1. The fraction of sp³-hybridized carbons (Fsp3) is 0.500. The van der Waals surface area contributed by atoms with E-state index in [-0.39, 0.29) is 12.2 Å². The molecule has 4 nitrogen and oxygen atoms in total. The number of benzene rings is 1. The summed E-state index contributed by atoms with van der Waals surface area (Å²) in [5.41, 5.74) is 5.66. The molecule has 0 heterocycles. The lowest BCUT2D eigenvalue weighted by Gasteiger charge is -2.37. The highest BCUT2D eigenvalue weighted by molar-refractivity contribution is 6.04. The maximum atomic E-state index is 12.5. The normalized spacial score (nSPS) is 26.1. The van der Waals surface area contributed by atoms with Crippen molar-refractivity contribution in [3.63, 3.8) is 0 Å². The third kappa shape index (κ3) is 2.75. The van der Waals surface area contributed by atoms with Crippen LogP contribution in [0.2, 0.25) is 0 Å². The quantitative estimate of drug-likeness (QED) is 0.807. The van der Waals surface area contributed by atoms with Gasteiger partial charge in [-0.25, -0.2) is 0 Å². The molecule has 0 radical (unpaired) electrons. The van der Waals surface area contributed by atoms with Gasteiger partial charge >= 0.3 is 5.97 Å². The van der Waals surface area contributed by atoms with Crippen LogP contribution < -0.4 is 5.73 Å². The summed E-state index contributed by atoms with van der Waals surface area (Å²) in [4.78, 5) is 24.1. The molecule has 0 bridgehead atoms. The van der Waals surface area contributed by atoms with Crippen molar-refractivity contribution in [3.05, 3.63) is 35.9 Å². The zero-order valence-electron chi connectivity index (χ0n) is 11.5. The van der Waals surface area contributed by atoms with E-state index in [1.807, 2.05) is 30.3 Å². The molecule has 3 N–H and O–H groups in total. The van der Waals surface area contributed by atoms with Crippen LogP contribution in [0.25, 0.3) is 0 Å². The molecule has 0 spiro atoms. The Hall–Kier alpha value is -1.68. The molecule has 1 aromatic rings. The highest BCUT2D eigenvalue weighted by atomic mass is 16.4. The van der Waals surface area contributed by atoms with Gasteiger partial charge in [-0.3, -0.25) is 9.59 Å². The second-order valence-corrected chi connectivity index (χ2v) is 5.54. The van der Waals surface area contributed by atoms with Gasteiger partial charge in [-0.2, -0.15) is 0 Å². The number of aliphatic carboxylic acids is 1. The molecule has 1 aliphatic carbocycles. The number of carboxylic acids is 1. The van der Waals surface area contributed by atoms with Gasteiger partial charge in [0.2, 0.25) is 0 Å². The smallest absolute Gasteiger partial charge is 0.318 e. The molecular weight excluding hydrogens is 254 g/mol. The van der Waals surface area contributed by atoms with Crippen LogP contribution in [0.4, 0.5) is 0 Å². The van der Waals surface area contributed by atoms with Crippen LogP contribution in [0.1, 0.15) is 37.7 Å². The van der Waals surface area contributed by atoms with E-state index in [1.165, 1.54) is 0 Å². The fourth-order valence-electron chi connectivity index (χ4n) is 3.06. The van der Waals surface area contributed by atoms with Gasteiger partial charge in [0.05, 0.1) is 0 Å². The summed E-state index contributed by atoms with van der Waals surface area (Å²) in [5.74, 6) is -1.27. The minimum absolute atomic E-state index is 0.221. The summed E-state index contributed by atoms with van der Waals surface area (Å²) in [6.07, 6.45) is 3.46. The number of carbonyl (C=O) groups excluding carboxylic acids is 1. The zero-order chi connectivity index (χ0) is 14.6. The van der Waals surface area contributed by atoms with Gasteiger partial charge in [0.1, 0.15) is 5.41 Å². The average molecular weight is 275 g/mol. The summed E-state index contributed by atoms with van der Waals surface area (Å²) in [5, 5.41) is 9.53. The predicted molar refractivity (Wildman–Crippen MR) is 76.3 cm³/mol. The lowest BCUT2D eigenvalue weighted by molar-refractivity contribution is -0.158. The van der Waals surface area contributed by atoms with Crippen LogP contribution in [-0.2, 0) is 16.0 Å². The Balaban J connectivity index is 2.10. The molecule has 0 saturated heterocycles. The van der Waals surface area contributed by atoms with E-state index in [0.717, 1.165) is 18.4 Å². The number of hydrogen-bond donors (Lipinski definition) is 2. The first-order valence-electron chi connectivity index (χ1n) is 7.13. The van der Waals surface area contributed by atoms with Crippen LogP contribution in [0.3, 0.4) is 0 Å². The third-order valence-electron chi connectivity index (χ3n) is 4.33. The molecule has 2 unspecified atom stereocenters. The molecule has 0 amide bonds. The molecule has 1 fully saturated rings. The Labute approximate surface area is 119 Å². The van der Waals surface area contributed by atoms with Crippen LogP contribution >= 0.6 is 0 Å². The maximum Gasteiger partial charge on any atom is 0.318 e. The van der Waals surface area contributed by atoms with Crippen molar-refractivity contribution >= 4 is 11.8 Å².